The van der Waals surface area contributed by atoms with Gasteiger partial charge in [0.1, 0.15) is 0 Å². The molecule has 2 aromatic rings. The van der Waals surface area contributed by atoms with Crippen LogP contribution in [0.5, 0.6) is 0 Å². The Kier molecular flexibility index (Phi) is 59.2. The average Bonchev–Trinajstić information content (AvgIpc) is 3.71. The number of unbranched alkanes of at least 4 members (excludes halogenated alkanes) is 1. The molecule has 0 aliphatic carbocycles. The van der Waals surface area contributed by atoms with Gasteiger partial charge in [-0.1, -0.05) is 115 Å². The summed E-state index contributed by atoms with van der Waals surface area (Å²) >= 11 is 0. The van der Waals surface area contributed by atoms with E-state index in [0.29, 0.717) is 38.5 Å². The minimum absolute atomic E-state index is 0.00625. The third-order valence-electron chi connectivity index (χ3n) is 12.9. The molecule has 0 saturated carbocycles. The van der Waals surface area contributed by atoms with Gasteiger partial charge in [-0.15, -0.1) is 0 Å². The number of carbonyl (C=O) groups is 10. The van der Waals surface area contributed by atoms with Crippen LogP contribution in [0.15, 0.2) is 60.7 Å². The summed E-state index contributed by atoms with van der Waals surface area (Å²) in [7, 11) is 0. The standard InChI is InChI=1S/C13H18N2O3.C12H18N2O.C10H20N2O3.C8H16N2O3.3C6H14N2O/c14-8-11(15)12(16)7-10(13(17)18)6-9-4-2-1-3-5-9;1-9(7-12(15)11(14)8-13)10-5-3-2-4-6-10;1-2-3-4-7(10(14)15)5-9(13)8(12)6-11;1-5(3-8(12)13)2-7(11)6(10)4-9;3*1-2-3-6(9)5(8)4-7/h1-5,10-11H,6-8,14-15H2,(H,17,18);2-6,9,11H,7-8,13-14H2,1H3;7-8H,2-6,11-12H2,1H3,(H,14,15);5-6H,2-4,9-10H2,1H3,(H,12,13);3*5H,2-4,7-8H2,1H3/t10-,11-;9-,11-;7-,8+;5-,6-;3*5-/m1111100/s1. The van der Waals surface area contributed by atoms with Crippen LogP contribution in [0.1, 0.15) is 148 Å². The number of ketones is 7. The summed E-state index contributed by atoms with van der Waals surface area (Å²) in [6.07, 6.45) is 7.34. The van der Waals surface area contributed by atoms with Crippen LogP contribution >= 0.6 is 0 Å². The van der Waals surface area contributed by atoms with Crippen molar-refractivity contribution in [2.24, 2.45) is 98.0 Å². The fourth-order valence-electron chi connectivity index (χ4n) is 7.13. The summed E-state index contributed by atoms with van der Waals surface area (Å²) in [5.41, 5.74) is 76.4. The lowest BCUT2D eigenvalue weighted by molar-refractivity contribution is -0.144. The first-order valence-corrected chi connectivity index (χ1v) is 30.0. The predicted octanol–water partition coefficient (Wildman–Crippen LogP) is -0.400. The summed E-state index contributed by atoms with van der Waals surface area (Å²) in [5.74, 6) is -4.66. The molecule has 0 aliphatic heterocycles. The maximum atomic E-state index is 11.6. The van der Waals surface area contributed by atoms with Gasteiger partial charge in [-0.2, -0.15) is 0 Å². The maximum absolute atomic E-state index is 11.6. The van der Waals surface area contributed by atoms with E-state index in [2.05, 4.69) is 0 Å². The summed E-state index contributed by atoms with van der Waals surface area (Å²) < 4.78 is 0. The molecule has 0 spiro atoms. The molecule has 0 aromatic heterocycles. The topological polar surface area (TPSA) is 596 Å². The highest BCUT2D eigenvalue weighted by Crippen LogP contribution is 2.19. The molecule has 2 rings (SSSR count). The number of benzene rings is 2. The lowest BCUT2D eigenvalue weighted by Gasteiger charge is -2.14. The zero-order chi connectivity index (χ0) is 68.9. The highest BCUT2D eigenvalue weighted by Gasteiger charge is 2.25. The molecule has 0 fully saturated rings. The van der Waals surface area contributed by atoms with Crippen molar-refractivity contribution in [1.29, 1.82) is 0 Å². The summed E-state index contributed by atoms with van der Waals surface area (Å²) in [4.78, 5) is 110. The van der Waals surface area contributed by atoms with Crippen molar-refractivity contribution in [1.82, 2.24) is 0 Å². The number of carbonyl (C=O) groups excluding carboxylic acids is 7. The van der Waals surface area contributed by atoms with Crippen molar-refractivity contribution < 1.29 is 63.3 Å². The molecule has 2 aromatic carbocycles. The van der Waals surface area contributed by atoms with E-state index in [0.717, 1.165) is 43.2 Å². The van der Waals surface area contributed by atoms with Crippen LogP contribution in [0.3, 0.4) is 0 Å². The van der Waals surface area contributed by atoms with Gasteiger partial charge in [0, 0.05) is 97.2 Å². The maximum Gasteiger partial charge on any atom is 0.307 e. The monoisotopic (exact) mass is 1250 g/mol. The Morgan fingerprint density at radius 2 is 0.670 bits per heavy atom. The van der Waals surface area contributed by atoms with E-state index in [4.69, 9.17) is 95.6 Å². The van der Waals surface area contributed by atoms with E-state index in [1.807, 2.05) is 95.3 Å². The first-order chi connectivity index (χ1) is 41.3. The van der Waals surface area contributed by atoms with Crippen LogP contribution in [-0.2, 0) is 54.4 Å². The van der Waals surface area contributed by atoms with Gasteiger partial charge in [0.25, 0.3) is 0 Å². The minimum atomic E-state index is -0.989. The first-order valence-electron chi connectivity index (χ1n) is 30.0. The number of aliphatic carboxylic acids is 3. The molecule has 0 radical (unpaired) electrons. The molecule has 0 saturated heterocycles. The first kappa shape index (κ1) is 90.7. The van der Waals surface area contributed by atoms with Gasteiger partial charge in [-0.25, -0.2) is 0 Å². The Labute approximate surface area is 521 Å². The molecule has 27 nitrogen and oxygen atoms in total. The van der Waals surface area contributed by atoms with Gasteiger partial charge in [-0.05, 0) is 55.1 Å². The number of nitrogens with two attached hydrogens (primary N) is 14. The van der Waals surface area contributed by atoms with E-state index >= 15 is 0 Å². The molecule has 31 N–H and O–H groups in total. The van der Waals surface area contributed by atoms with Crippen LogP contribution in [0.4, 0.5) is 0 Å². The van der Waals surface area contributed by atoms with E-state index < -0.39 is 72.0 Å². The number of rotatable bonds is 38. The summed E-state index contributed by atoms with van der Waals surface area (Å²) in [6.45, 7) is 12.8. The van der Waals surface area contributed by atoms with Gasteiger partial charge < -0.3 is 95.6 Å². The lowest BCUT2D eigenvalue weighted by Crippen LogP contribution is -2.39. The van der Waals surface area contributed by atoms with Gasteiger partial charge in [-0.3, -0.25) is 47.9 Å². The third kappa shape index (κ3) is 48.9. The van der Waals surface area contributed by atoms with Gasteiger partial charge in [0.15, 0.2) is 40.5 Å². The number of hydrogen-bond acceptors (Lipinski definition) is 24. The van der Waals surface area contributed by atoms with E-state index in [1.165, 1.54) is 0 Å². The average molecular weight is 1250 g/mol. The predicted molar refractivity (Wildman–Crippen MR) is 346 cm³/mol. The van der Waals surface area contributed by atoms with Gasteiger partial charge >= 0.3 is 17.9 Å². The second kappa shape index (κ2) is 57.4. The number of Topliss-reactive ketones (excluding diaryl/α,β-unsaturated/α-hetero) is 7. The molecular formula is C61H114N14O13. The Balaban J connectivity index is -0.000000309. The Bertz CT molecular complexity index is 2160. The van der Waals surface area contributed by atoms with E-state index in [9.17, 15) is 47.9 Å². The molecule has 506 valence electrons. The van der Waals surface area contributed by atoms with Crippen molar-refractivity contribution in [2.75, 3.05) is 45.8 Å². The lowest BCUT2D eigenvalue weighted by atomic mass is 9.92. The molecule has 11 atom stereocenters. The van der Waals surface area contributed by atoms with E-state index in [-0.39, 0.29) is 124 Å². The third-order valence-corrected chi connectivity index (χ3v) is 12.9. The smallest absolute Gasteiger partial charge is 0.307 e. The number of carboxylic acids is 3. The fourth-order valence-corrected chi connectivity index (χ4v) is 7.13. The molecule has 0 amide bonds. The highest BCUT2D eigenvalue weighted by atomic mass is 16.4. The van der Waals surface area contributed by atoms with Gasteiger partial charge in [0.2, 0.25) is 0 Å². The second-order valence-electron chi connectivity index (χ2n) is 21.1. The van der Waals surface area contributed by atoms with Crippen molar-refractivity contribution in [3.8, 4) is 0 Å². The van der Waals surface area contributed by atoms with Crippen molar-refractivity contribution in [2.45, 2.75) is 186 Å². The largest absolute Gasteiger partial charge is 0.481 e. The second-order valence-corrected chi connectivity index (χ2v) is 21.1. The number of carboxylic acid groups (broad SMARTS) is 3. The zero-order valence-corrected chi connectivity index (χ0v) is 53.2. The molecule has 88 heavy (non-hydrogen) atoms. The van der Waals surface area contributed by atoms with Crippen LogP contribution in [0.2, 0.25) is 0 Å². The van der Waals surface area contributed by atoms with Crippen LogP contribution in [0.25, 0.3) is 0 Å². The van der Waals surface area contributed by atoms with Crippen LogP contribution < -0.4 is 80.3 Å². The SMILES string of the molecule is CCCC(=O)[C@@H](N)CN.CCCC(=O)[C@@H](N)CN.CCCC(=O)[C@H](N)CN.CCCC[C@H](CC(=O)[C@@H](N)CN)C(=O)O.C[C@@H](CC(=O)O)CC(=O)[C@H](N)CN.C[C@H](CC(=O)[C@H](N)CN)c1ccccc1.NC[C@@H](N)C(=O)C[C@@H](Cc1ccccc1)C(=O)O. The Morgan fingerprint density at radius 3 is 0.966 bits per heavy atom. The quantitative estimate of drug-likeness (QED) is 0.0407. The van der Waals surface area contributed by atoms with Crippen LogP contribution in [-0.4, -0.2) is 162 Å². The van der Waals surface area contributed by atoms with Crippen LogP contribution in [0, 0.1) is 17.8 Å². The zero-order valence-electron chi connectivity index (χ0n) is 53.2. The molecular weight excluding hydrogens is 1140 g/mol. The van der Waals surface area contributed by atoms with Gasteiger partial charge in [0.05, 0.1) is 54.1 Å². The fraction of sp³-hybridized carbons (Fsp3) is 0.639. The molecule has 0 heterocycles. The summed E-state index contributed by atoms with van der Waals surface area (Å²) in [5, 5.41) is 26.4. The van der Waals surface area contributed by atoms with Crippen molar-refractivity contribution >= 4 is 58.4 Å². The normalized spacial score (nSPS) is 14.1. The Hall–Kier alpha value is -6.02. The number of hydrogen-bond donors (Lipinski definition) is 17. The summed E-state index contributed by atoms with van der Waals surface area (Å²) in [6, 6.07) is 15.1. The van der Waals surface area contributed by atoms with Crippen molar-refractivity contribution in [3.05, 3.63) is 71.8 Å². The molecule has 0 bridgehead atoms. The van der Waals surface area contributed by atoms with E-state index in [1.54, 1.807) is 6.92 Å². The van der Waals surface area contributed by atoms with Crippen molar-refractivity contribution in [3.63, 3.8) is 0 Å². The molecule has 0 aliphatic rings. The highest BCUT2D eigenvalue weighted by molar-refractivity contribution is 5.89. The Morgan fingerprint density at radius 1 is 0.375 bits per heavy atom. The molecule has 0 unspecified atom stereocenters. The minimum Gasteiger partial charge on any atom is -0.481 e. The molecule has 27 heteroatoms.